The Morgan fingerprint density at radius 1 is 1.19 bits per heavy atom. The molecule has 0 spiro atoms. The summed E-state index contributed by atoms with van der Waals surface area (Å²) < 4.78 is 25.1. The molecule has 8 heteroatoms. The Balaban J connectivity index is 1.84. The quantitative estimate of drug-likeness (QED) is 0.845. The normalized spacial score (nSPS) is 18.6. The van der Waals surface area contributed by atoms with E-state index in [1.807, 2.05) is 19.9 Å². The van der Waals surface area contributed by atoms with E-state index in [1.54, 1.807) is 13.0 Å². The first kappa shape index (κ1) is 19.4. The number of amides is 2. The molecule has 1 saturated heterocycles. The van der Waals surface area contributed by atoms with Gasteiger partial charge in [-0.15, -0.1) is 0 Å². The topological polar surface area (TPSA) is 83.6 Å². The maximum atomic E-state index is 12.5. The minimum atomic E-state index is -3.67. The van der Waals surface area contributed by atoms with Crippen LogP contribution < -0.4 is 9.62 Å². The highest BCUT2D eigenvalue weighted by molar-refractivity contribution is 7.94. The molecule has 0 aliphatic carbocycles. The summed E-state index contributed by atoms with van der Waals surface area (Å²) in [6.45, 7) is 5.34. The van der Waals surface area contributed by atoms with Crippen LogP contribution in [0.15, 0.2) is 36.4 Å². The number of sulfonamides is 1. The number of rotatable bonds is 3. The van der Waals surface area contributed by atoms with Crippen LogP contribution in [0, 0.1) is 19.8 Å². The summed E-state index contributed by atoms with van der Waals surface area (Å²) in [5.74, 6) is -1.63. The monoisotopic (exact) mass is 406 g/mol. The van der Waals surface area contributed by atoms with Crippen LogP contribution in [0.3, 0.4) is 0 Å². The molecule has 1 heterocycles. The Labute approximate surface area is 163 Å². The Morgan fingerprint density at radius 2 is 1.81 bits per heavy atom. The molecule has 0 saturated carbocycles. The number of carbonyl (C=O) groups excluding carboxylic acids is 2. The summed E-state index contributed by atoms with van der Waals surface area (Å²) in [7, 11) is -3.67. The summed E-state index contributed by atoms with van der Waals surface area (Å²) in [6, 6.07) is 9.54. The molecule has 1 unspecified atom stereocenters. The number of anilines is 2. The third kappa shape index (κ3) is 3.70. The zero-order valence-electron chi connectivity index (χ0n) is 15.1. The number of nitrogens with one attached hydrogen (secondary N) is 1. The van der Waals surface area contributed by atoms with Crippen LogP contribution >= 0.6 is 11.6 Å². The molecule has 0 radical (unpaired) electrons. The first-order valence-corrected chi connectivity index (χ1v) is 10.3. The lowest BCUT2D eigenvalue weighted by Crippen LogP contribution is -2.30. The van der Waals surface area contributed by atoms with Crippen molar-refractivity contribution in [2.24, 2.45) is 5.92 Å². The Bertz CT molecular complexity index is 1010. The van der Waals surface area contributed by atoms with Crippen molar-refractivity contribution in [2.45, 2.75) is 20.8 Å². The average molecular weight is 407 g/mol. The van der Waals surface area contributed by atoms with E-state index in [1.165, 1.54) is 24.3 Å². The van der Waals surface area contributed by atoms with Gasteiger partial charge >= 0.3 is 0 Å². The zero-order chi connectivity index (χ0) is 19.9. The van der Waals surface area contributed by atoms with Gasteiger partial charge in [-0.1, -0.05) is 24.6 Å². The second kappa shape index (κ2) is 6.98. The summed E-state index contributed by atoms with van der Waals surface area (Å²) in [5, 5.41) is 3.22. The molecule has 1 N–H and O–H groups in total. The van der Waals surface area contributed by atoms with Gasteiger partial charge in [-0.25, -0.2) is 12.7 Å². The van der Waals surface area contributed by atoms with Crippen LogP contribution in [-0.2, 0) is 14.8 Å². The van der Waals surface area contributed by atoms with Crippen molar-refractivity contribution in [3.63, 3.8) is 0 Å². The van der Waals surface area contributed by atoms with Gasteiger partial charge in [-0.05, 0) is 55.3 Å². The predicted octanol–water partition coefficient (Wildman–Crippen LogP) is 3.52. The molecule has 1 aliphatic heterocycles. The fraction of sp³-hybridized carbons (Fsp3) is 0.263. The van der Waals surface area contributed by atoms with Gasteiger partial charge in [0.1, 0.15) is 0 Å². The standard InChI is InChI=1S/C19H19ClN2O4S/c1-11-8-12(2)17(16(20)9-11)21-18(23)14-4-6-15(7-5-14)22-19(24)13(3)10-27(22,25)26/h4-9,13H,10H2,1-3H3,(H,21,23). The van der Waals surface area contributed by atoms with Crippen LogP contribution in [-0.4, -0.2) is 26.0 Å². The van der Waals surface area contributed by atoms with E-state index >= 15 is 0 Å². The van der Waals surface area contributed by atoms with Crippen LogP contribution in [0.5, 0.6) is 0 Å². The maximum Gasteiger partial charge on any atom is 0.255 e. The molecule has 2 amide bonds. The van der Waals surface area contributed by atoms with Gasteiger partial charge in [-0.2, -0.15) is 0 Å². The van der Waals surface area contributed by atoms with Crippen molar-refractivity contribution in [3.05, 3.63) is 58.1 Å². The Morgan fingerprint density at radius 3 is 2.33 bits per heavy atom. The van der Waals surface area contributed by atoms with Crippen LogP contribution in [0.2, 0.25) is 5.02 Å². The van der Waals surface area contributed by atoms with E-state index in [-0.39, 0.29) is 17.3 Å². The zero-order valence-corrected chi connectivity index (χ0v) is 16.7. The molecule has 1 fully saturated rings. The van der Waals surface area contributed by atoms with E-state index in [0.29, 0.717) is 16.3 Å². The molecule has 0 bridgehead atoms. The lowest BCUT2D eigenvalue weighted by atomic mass is 10.1. The van der Waals surface area contributed by atoms with Gasteiger partial charge in [-0.3, -0.25) is 9.59 Å². The van der Waals surface area contributed by atoms with Gasteiger partial charge in [0.05, 0.1) is 28.1 Å². The van der Waals surface area contributed by atoms with Crippen molar-refractivity contribution in [3.8, 4) is 0 Å². The van der Waals surface area contributed by atoms with E-state index < -0.39 is 21.8 Å². The van der Waals surface area contributed by atoms with Crippen LogP contribution in [0.4, 0.5) is 11.4 Å². The average Bonchev–Trinajstić information content (AvgIpc) is 2.78. The van der Waals surface area contributed by atoms with Gasteiger partial charge in [0, 0.05) is 5.56 Å². The SMILES string of the molecule is Cc1cc(C)c(NC(=O)c2ccc(N3C(=O)C(C)CS3(=O)=O)cc2)c(Cl)c1. The highest BCUT2D eigenvalue weighted by atomic mass is 35.5. The first-order chi connectivity index (χ1) is 12.6. The lowest BCUT2D eigenvalue weighted by molar-refractivity contribution is -0.119. The van der Waals surface area contributed by atoms with Crippen LogP contribution in [0.25, 0.3) is 0 Å². The molecular formula is C19H19ClN2O4S. The van der Waals surface area contributed by atoms with Crippen molar-refractivity contribution in [1.29, 1.82) is 0 Å². The number of hydrogen-bond acceptors (Lipinski definition) is 4. The van der Waals surface area contributed by atoms with E-state index in [0.717, 1.165) is 15.4 Å². The van der Waals surface area contributed by atoms with Crippen molar-refractivity contribution < 1.29 is 18.0 Å². The number of nitrogens with zero attached hydrogens (tertiary/aromatic N) is 1. The summed E-state index contributed by atoms with van der Waals surface area (Å²) >= 11 is 6.21. The first-order valence-electron chi connectivity index (χ1n) is 8.35. The molecule has 2 aromatic carbocycles. The molecule has 3 rings (SSSR count). The summed E-state index contributed by atoms with van der Waals surface area (Å²) in [6.07, 6.45) is 0. The Hall–Kier alpha value is -2.38. The number of hydrogen-bond donors (Lipinski definition) is 1. The summed E-state index contributed by atoms with van der Waals surface area (Å²) in [4.78, 5) is 24.6. The van der Waals surface area contributed by atoms with E-state index in [2.05, 4.69) is 5.32 Å². The molecule has 27 heavy (non-hydrogen) atoms. The molecule has 0 aromatic heterocycles. The number of benzene rings is 2. The molecule has 6 nitrogen and oxygen atoms in total. The smallest absolute Gasteiger partial charge is 0.255 e. The minimum absolute atomic E-state index is 0.209. The Kier molecular flexibility index (Phi) is 5.01. The lowest BCUT2D eigenvalue weighted by Gasteiger charge is -2.16. The van der Waals surface area contributed by atoms with Crippen LogP contribution in [0.1, 0.15) is 28.4 Å². The highest BCUT2D eigenvalue weighted by Crippen LogP contribution is 2.30. The van der Waals surface area contributed by atoms with E-state index in [9.17, 15) is 18.0 Å². The molecule has 2 aromatic rings. The molecule has 1 aliphatic rings. The van der Waals surface area contributed by atoms with Crippen molar-refractivity contribution in [1.82, 2.24) is 0 Å². The minimum Gasteiger partial charge on any atom is -0.320 e. The van der Waals surface area contributed by atoms with Crippen molar-refractivity contribution >= 4 is 44.8 Å². The maximum absolute atomic E-state index is 12.5. The predicted molar refractivity (Wildman–Crippen MR) is 106 cm³/mol. The van der Waals surface area contributed by atoms with Crippen molar-refractivity contribution in [2.75, 3.05) is 15.4 Å². The third-order valence-electron chi connectivity index (χ3n) is 4.39. The second-order valence-electron chi connectivity index (χ2n) is 6.72. The molecule has 142 valence electrons. The van der Waals surface area contributed by atoms with Gasteiger partial charge in [0.25, 0.3) is 5.91 Å². The third-order valence-corrected chi connectivity index (χ3v) is 6.56. The fourth-order valence-electron chi connectivity index (χ4n) is 3.09. The summed E-state index contributed by atoms with van der Waals surface area (Å²) in [5.41, 5.74) is 2.91. The molecule has 1 atom stereocenters. The highest BCUT2D eigenvalue weighted by Gasteiger charge is 2.41. The number of carbonyl (C=O) groups is 2. The van der Waals surface area contributed by atoms with Gasteiger partial charge in [0.2, 0.25) is 15.9 Å². The molecular weight excluding hydrogens is 388 g/mol. The van der Waals surface area contributed by atoms with E-state index in [4.69, 9.17) is 11.6 Å². The fourth-order valence-corrected chi connectivity index (χ4v) is 5.28. The van der Waals surface area contributed by atoms with Gasteiger partial charge < -0.3 is 5.32 Å². The second-order valence-corrected chi connectivity index (χ2v) is 8.99. The largest absolute Gasteiger partial charge is 0.320 e. The number of halogens is 1. The van der Waals surface area contributed by atoms with Gasteiger partial charge in [0.15, 0.2) is 0 Å². The number of aryl methyl sites for hydroxylation is 2.